The Hall–Kier alpha value is -4.25. The molecule has 0 radical (unpaired) electrons. The van der Waals surface area contributed by atoms with Crippen molar-refractivity contribution < 1.29 is 24.1 Å². The van der Waals surface area contributed by atoms with Gasteiger partial charge < -0.3 is 24.3 Å². The molecule has 32 heavy (non-hydrogen) atoms. The molecular formula is C21H19N5O6. The van der Waals surface area contributed by atoms with Crippen LogP contribution in [0.1, 0.15) is 6.92 Å². The van der Waals surface area contributed by atoms with Gasteiger partial charge in [0, 0.05) is 7.11 Å². The second kappa shape index (κ2) is 8.86. The van der Waals surface area contributed by atoms with Crippen LogP contribution in [-0.2, 0) is 9.53 Å². The number of carboxylic acid groups (broad SMARTS) is 1. The number of aromatic amines is 2. The highest BCUT2D eigenvalue weighted by Gasteiger charge is 2.19. The maximum atomic E-state index is 12.3. The minimum absolute atomic E-state index is 0.121. The summed E-state index contributed by atoms with van der Waals surface area (Å²) in [5.41, 5.74) is 2.12. The van der Waals surface area contributed by atoms with E-state index in [1.54, 1.807) is 30.3 Å². The number of nitrogens with one attached hydrogen (secondary N) is 2. The Morgan fingerprint density at radius 2 is 2.00 bits per heavy atom. The Bertz CT molecular complexity index is 1330. The summed E-state index contributed by atoms with van der Waals surface area (Å²) in [6.45, 7) is 2.24. The molecule has 0 bridgehead atoms. The van der Waals surface area contributed by atoms with Crippen LogP contribution in [0.4, 0.5) is 0 Å². The Labute approximate surface area is 181 Å². The molecule has 4 aromatic rings. The monoisotopic (exact) mass is 437 g/mol. The molecule has 0 spiro atoms. The highest BCUT2D eigenvalue weighted by atomic mass is 16.7. The molecule has 2 heterocycles. The van der Waals surface area contributed by atoms with Crippen molar-refractivity contribution in [2.45, 2.75) is 13.2 Å². The molecule has 11 nitrogen and oxygen atoms in total. The predicted octanol–water partition coefficient (Wildman–Crippen LogP) is 2.21. The van der Waals surface area contributed by atoms with Crippen molar-refractivity contribution in [1.29, 1.82) is 0 Å². The van der Waals surface area contributed by atoms with Gasteiger partial charge in [0.2, 0.25) is 0 Å². The average molecular weight is 437 g/mol. The highest BCUT2D eigenvalue weighted by Crippen LogP contribution is 2.34. The molecule has 2 aromatic carbocycles. The molecule has 4 rings (SSSR count). The molecule has 2 aromatic heterocycles. The summed E-state index contributed by atoms with van der Waals surface area (Å²) < 4.78 is 16.0. The summed E-state index contributed by atoms with van der Waals surface area (Å²) >= 11 is 0. The fraction of sp³-hybridized carbons (Fsp3) is 0.190. The fourth-order valence-corrected chi connectivity index (χ4v) is 3.13. The molecule has 0 saturated carbocycles. The third-order valence-electron chi connectivity index (χ3n) is 4.56. The van der Waals surface area contributed by atoms with Gasteiger partial charge in [0.15, 0.2) is 11.2 Å². The van der Waals surface area contributed by atoms with Gasteiger partial charge in [-0.1, -0.05) is 23.4 Å². The molecule has 0 saturated heterocycles. The summed E-state index contributed by atoms with van der Waals surface area (Å²) in [5, 5.41) is 19.0. The van der Waals surface area contributed by atoms with E-state index in [4.69, 9.17) is 19.3 Å². The number of H-pyrrole nitrogens is 2. The molecule has 0 unspecified atom stereocenters. The number of benzene rings is 2. The zero-order valence-corrected chi connectivity index (χ0v) is 17.2. The van der Waals surface area contributed by atoms with E-state index >= 15 is 0 Å². The van der Waals surface area contributed by atoms with Gasteiger partial charge in [-0.15, -0.1) is 5.10 Å². The van der Waals surface area contributed by atoms with E-state index in [1.165, 1.54) is 7.11 Å². The van der Waals surface area contributed by atoms with Crippen molar-refractivity contribution in [3.63, 3.8) is 0 Å². The van der Waals surface area contributed by atoms with Crippen molar-refractivity contribution in [3.05, 3.63) is 52.8 Å². The maximum absolute atomic E-state index is 12.3. The Morgan fingerprint density at radius 1 is 1.19 bits per heavy atom. The van der Waals surface area contributed by atoms with Crippen LogP contribution in [0.15, 0.2) is 47.3 Å². The van der Waals surface area contributed by atoms with Crippen LogP contribution in [-0.4, -0.2) is 56.5 Å². The fourth-order valence-electron chi connectivity index (χ4n) is 3.13. The molecule has 164 valence electrons. The molecule has 0 aliphatic heterocycles. The number of hydrogen-bond donors (Lipinski definition) is 3. The van der Waals surface area contributed by atoms with E-state index < -0.39 is 17.8 Å². The van der Waals surface area contributed by atoms with Crippen molar-refractivity contribution in [2.24, 2.45) is 0 Å². The number of aromatic nitrogens is 5. The first-order valence-electron chi connectivity index (χ1n) is 9.61. The first-order chi connectivity index (χ1) is 15.5. The van der Waals surface area contributed by atoms with Gasteiger partial charge in [0.25, 0.3) is 11.8 Å². The van der Waals surface area contributed by atoms with Crippen molar-refractivity contribution in [1.82, 2.24) is 25.4 Å². The van der Waals surface area contributed by atoms with Crippen LogP contribution in [0.2, 0.25) is 0 Å². The summed E-state index contributed by atoms with van der Waals surface area (Å²) in [6.07, 6.45) is -1.42. The number of hydrogen-bond acceptors (Lipinski definition) is 8. The van der Waals surface area contributed by atoms with Crippen LogP contribution in [0.3, 0.4) is 0 Å². The van der Waals surface area contributed by atoms with Gasteiger partial charge in [-0.25, -0.2) is 14.9 Å². The Morgan fingerprint density at radius 3 is 2.75 bits per heavy atom. The van der Waals surface area contributed by atoms with Gasteiger partial charge in [-0.05, 0) is 42.3 Å². The third-order valence-corrected chi connectivity index (χ3v) is 4.56. The Balaban J connectivity index is 1.72. The summed E-state index contributed by atoms with van der Waals surface area (Å²) in [5.74, 6) is -0.0783. The lowest BCUT2D eigenvalue weighted by Crippen LogP contribution is -2.28. The molecule has 0 aliphatic rings. The summed E-state index contributed by atoms with van der Waals surface area (Å²) in [4.78, 5) is 30.5. The first-order valence-corrected chi connectivity index (χ1v) is 9.61. The van der Waals surface area contributed by atoms with Crippen molar-refractivity contribution in [3.8, 4) is 34.0 Å². The van der Waals surface area contributed by atoms with Gasteiger partial charge in [-0.3, -0.25) is 4.79 Å². The minimum atomic E-state index is -1.42. The quantitative estimate of drug-likeness (QED) is 0.352. The van der Waals surface area contributed by atoms with E-state index in [1.807, 2.05) is 19.1 Å². The van der Waals surface area contributed by atoms with Gasteiger partial charge in [0.1, 0.15) is 17.3 Å². The second-order valence-electron chi connectivity index (χ2n) is 6.62. The zero-order valence-electron chi connectivity index (χ0n) is 17.2. The topological polar surface area (TPSA) is 152 Å². The van der Waals surface area contributed by atoms with Crippen molar-refractivity contribution >= 4 is 17.1 Å². The summed E-state index contributed by atoms with van der Waals surface area (Å²) in [7, 11) is 1.25. The van der Waals surface area contributed by atoms with Crippen LogP contribution in [0, 0.1) is 0 Å². The lowest BCUT2D eigenvalue weighted by molar-refractivity contribution is -0.166. The lowest BCUT2D eigenvalue weighted by Gasteiger charge is -2.15. The molecular weight excluding hydrogens is 418 g/mol. The maximum Gasteiger partial charge on any atom is 0.373 e. The standard InChI is InChI=1S/C21H19N5O6/c1-3-31-15-10-12(11-5-4-6-13(9-11)32-21(30-2)20(28)29)7-8-14(15)17-22-18-16(19(27)23-17)24-26-25-18/h4-10,21H,3H2,1-2H3,(H,28,29)(H2,22,23,24,25,26,27)/t21-/m0/s1. The van der Waals surface area contributed by atoms with E-state index in [9.17, 15) is 9.59 Å². The van der Waals surface area contributed by atoms with Gasteiger partial charge in [-0.2, -0.15) is 0 Å². The SMILES string of the molecule is CCOc1cc(-c2cccc(O[C@H](OC)C(=O)O)c2)ccc1-c1nc2[nH]nnc2c(=O)[nH]1. The second-order valence-corrected chi connectivity index (χ2v) is 6.62. The molecule has 1 atom stereocenters. The van der Waals surface area contributed by atoms with E-state index in [0.29, 0.717) is 29.5 Å². The van der Waals surface area contributed by atoms with Gasteiger partial charge in [0.05, 0.1) is 12.2 Å². The van der Waals surface area contributed by atoms with E-state index in [2.05, 4.69) is 25.4 Å². The number of rotatable bonds is 8. The number of methoxy groups -OCH3 is 1. The highest BCUT2D eigenvalue weighted by molar-refractivity contribution is 5.77. The lowest BCUT2D eigenvalue weighted by atomic mass is 10.0. The molecule has 0 amide bonds. The van der Waals surface area contributed by atoms with Crippen LogP contribution < -0.4 is 15.0 Å². The third kappa shape index (κ3) is 4.14. The van der Waals surface area contributed by atoms with Crippen LogP contribution in [0.5, 0.6) is 11.5 Å². The Kier molecular flexibility index (Phi) is 5.81. The molecule has 0 aliphatic carbocycles. The van der Waals surface area contributed by atoms with Crippen molar-refractivity contribution in [2.75, 3.05) is 13.7 Å². The van der Waals surface area contributed by atoms with E-state index in [0.717, 1.165) is 11.1 Å². The number of ether oxygens (including phenoxy) is 3. The number of fused-ring (bicyclic) bond motifs is 1. The summed E-state index contributed by atoms with van der Waals surface area (Å²) in [6, 6.07) is 12.3. The van der Waals surface area contributed by atoms with Gasteiger partial charge >= 0.3 is 5.97 Å². The molecule has 11 heteroatoms. The number of nitrogens with zero attached hydrogens (tertiary/aromatic N) is 3. The van der Waals surface area contributed by atoms with E-state index in [-0.39, 0.29) is 11.2 Å². The number of aliphatic carboxylic acids is 1. The predicted molar refractivity (Wildman–Crippen MR) is 113 cm³/mol. The first kappa shape index (κ1) is 21.0. The average Bonchev–Trinajstić information content (AvgIpc) is 3.27. The normalized spacial score (nSPS) is 11.9. The molecule has 3 N–H and O–H groups in total. The number of carboxylic acids is 1. The van der Waals surface area contributed by atoms with Crippen LogP contribution >= 0.6 is 0 Å². The minimum Gasteiger partial charge on any atom is -0.493 e. The zero-order chi connectivity index (χ0) is 22.7. The van der Waals surface area contributed by atoms with Crippen LogP contribution in [0.25, 0.3) is 33.7 Å². The largest absolute Gasteiger partial charge is 0.493 e. The smallest absolute Gasteiger partial charge is 0.373 e. The molecule has 0 fully saturated rings. The number of carbonyl (C=O) groups is 1.